The zero-order valence-corrected chi connectivity index (χ0v) is 20.4. The van der Waals surface area contributed by atoms with Crippen molar-refractivity contribution in [1.29, 1.82) is 0 Å². The third-order valence-electron chi connectivity index (χ3n) is 8.75. The zero-order chi connectivity index (χ0) is 22.3. The van der Waals surface area contributed by atoms with Crippen molar-refractivity contribution >= 4 is 17.5 Å². The van der Waals surface area contributed by atoms with Crippen LogP contribution in [-0.4, -0.2) is 44.3 Å². The van der Waals surface area contributed by atoms with E-state index in [1.165, 1.54) is 44.1 Å². The van der Waals surface area contributed by atoms with Gasteiger partial charge in [0.15, 0.2) is 5.16 Å². The van der Waals surface area contributed by atoms with Crippen molar-refractivity contribution in [3.8, 4) is 0 Å². The van der Waals surface area contributed by atoms with Crippen LogP contribution in [-0.2, 0) is 17.9 Å². The highest BCUT2D eigenvalue weighted by Gasteiger charge is 2.54. The van der Waals surface area contributed by atoms with E-state index in [1.54, 1.807) is 11.8 Å². The normalized spacial score (nSPS) is 31.2. The number of aromatic nitrogens is 3. The number of nitrogens with zero attached hydrogens (tertiary/aromatic N) is 4. The molecule has 176 valence electrons. The van der Waals surface area contributed by atoms with Gasteiger partial charge in [-0.1, -0.05) is 48.5 Å². The van der Waals surface area contributed by atoms with Gasteiger partial charge >= 0.3 is 0 Å². The molecule has 6 heteroatoms. The molecule has 0 atom stereocenters. The van der Waals surface area contributed by atoms with Crippen molar-refractivity contribution in [2.24, 2.45) is 23.2 Å². The van der Waals surface area contributed by atoms with E-state index in [2.05, 4.69) is 50.0 Å². The van der Waals surface area contributed by atoms with Crippen LogP contribution in [0.5, 0.6) is 0 Å². The second-order valence-electron chi connectivity index (χ2n) is 11.2. The number of ketones is 1. The predicted octanol–water partition coefficient (Wildman–Crippen LogP) is 5.19. The first kappa shape index (κ1) is 21.8. The summed E-state index contributed by atoms with van der Waals surface area (Å²) in [7, 11) is 0. The van der Waals surface area contributed by atoms with Gasteiger partial charge in [0.05, 0.1) is 18.8 Å². The van der Waals surface area contributed by atoms with Crippen molar-refractivity contribution in [3.05, 3.63) is 41.7 Å². The van der Waals surface area contributed by atoms with Gasteiger partial charge in [0, 0.05) is 5.41 Å². The third kappa shape index (κ3) is 4.53. The highest BCUT2D eigenvalue weighted by Crippen LogP contribution is 2.60. The summed E-state index contributed by atoms with van der Waals surface area (Å²) < 4.78 is 2.27. The van der Waals surface area contributed by atoms with Gasteiger partial charge in [0.25, 0.3) is 0 Å². The lowest BCUT2D eigenvalue weighted by atomic mass is 9.48. The Hall–Kier alpha value is -1.66. The lowest BCUT2D eigenvalue weighted by molar-refractivity contribution is -0.141. The Balaban J connectivity index is 1.19. The van der Waals surface area contributed by atoms with Crippen LogP contribution >= 0.6 is 11.8 Å². The summed E-state index contributed by atoms with van der Waals surface area (Å²) in [5.74, 6) is 4.49. The lowest BCUT2D eigenvalue weighted by Crippen LogP contribution is -2.50. The Morgan fingerprint density at radius 3 is 2.24 bits per heavy atom. The van der Waals surface area contributed by atoms with E-state index in [4.69, 9.17) is 0 Å². The standard InChI is InChI=1S/C27H36N4OS/c32-24(27-14-21-11-22(15-27)13-23(12-21)16-27)19-33-26-29-28-25(18-30-9-5-2-6-10-30)31(26)17-20-7-3-1-4-8-20/h1,3-4,7-8,21-23H,2,5-6,9-19H2. The molecular formula is C27H36N4OS. The molecule has 1 aliphatic heterocycles. The Labute approximate surface area is 201 Å². The average Bonchev–Trinajstić information content (AvgIpc) is 3.19. The molecule has 0 radical (unpaired) electrons. The topological polar surface area (TPSA) is 51.0 Å². The molecule has 7 rings (SSSR count). The fourth-order valence-electron chi connectivity index (χ4n) is 7.52. The maximum absolute atomic E-state index is 13.6. The number of carbonyl (C=O) groups is 1. The quantitative estimate of drug-likeness (QED) is 0.503. The predicted molar refractivity (Wildman–Crippen MR) is 131 cm³/mol. The number of Topliss-reactive ketones (excluding diaryl/α,β-unsaturated/α-hetero) is 1. The second-order valence-corrected chi connectivity index (χ2v) is 12.2. The lowest BCUT2D eigenvalue weighted by Gasteiger charge is -2.56. The number of benzene rings is 1. The molecule has 0 N–H and O–H groups in total. The summed E-state index contributed by atoms with van der Waals surface area (Å²) in [6.45, 7) is 3.91. The Bertz CT molecular complexity index is 946. The SMILES string of the molecule is O=C(CSc1nnc(CN2CCCCC2)n1Cc1ccccc1)C12CC3CC(CC(C3)C1)C2. The smallest absolute Gasteiger partial charge is 0.191 e. The van der Waals surface area contributed by atoms with Crippen LogP contribution in [0.3, 0.4) is 0 Å². The highest BCUT2D eigenvalue weighted by molar-refractivity contribution is 7.99. The summed E-state index contributed by atoms with van der Waals surface area (Å²) in [6, 6.07) is 10.6. The number of hydrogen-bond acceptors (Lipinski definition) is 5. The minimum atomic E-state index is -0.0251. The summed E-state index contributed by atoms with van der Waals surface area (Å²) in [5, 5.41) is 10.1. The first-order valence-electron chi connectivity index (χ1n) is 13.0. The molecular weight excluding hydrogens is 428 g/mol. The molecule has 0 amide bonds. The number of rotatable bonds is 8. The van der Waals surface area contributed by atoms with Gasteiger partial charge in [-0.15, -0.1) is 10.2 Å². The molecule has 4 bridgehead atoms. The van der Waals surface area contributed by atoms with Crippen molar-refractivity contribution in [3.63, 3.8) is 0 Å². The summed E-state index contributed by atoms with van der Waals surface area (Å²) >= 11 is 1.63. The van der Waals surface area contributed by atoms with E-state index < -0.39 is 0 Å². The van der Waals surface area contributed by atoms with E-state index in [9.17, 15) is 4.79 Å². The number of carbonyl (C=O) groups excluding carboxylic acids is 1. The minimum Gasteiger partial charge on any atom is -0.300 e. The first-order valence-corrected chi connectivity index (χ1v) is 14.0. The van der Waals surface area contributed by atoms with Gasteiger partial charge in [-0.25, -0.2) is 0 Å². The van der Waals surface area contributed by atoms with E-state index in [0.29, 0.717) is 11.5 Å². The first-order chi connectivity index (χ1) is 16.2. The van der Waals surface area contributed by atoms with Crippen LogP contribution in [0.25, 0.3) is 0 Å². The Kier molecular flexibility index (Phi) is 6.08. The maximum atomic E-state index is 13.6. The van der Waals surface area contributed by atoms with E-state index in [-0.39, 0.29) is 5.41 Å². The van der Waals surface area contributed by atoms with Crippen molar-refractivity contribution < 1.29 is 4.79 Å². The largest absolute Gasteiger partial charge is 0.300 e. The maximum Gasteiger partial charge on any atom is 0.191 e. The average molecular weight is 465 g/mol. The number of piperidine rings is 1. The molecule has 5 aliphatic rings. The minimum absolute atomic E-state index is 0.0251. The van der Waals surface area contributed by atoms with Crippen molar-refractivity contribution in [2.75, 3.05) is 18.8 Å². The summed E-state index contributed by atoms with van der Waals surface area (Å²) in [4.78, 5) is 16.1. The molecule has 1 aromatic carbocycles. The molecule has 5 nitrogen and oxygen atoms in total. The van der Waals surface area contributed by atoms with Crippen molar-refractivity contribution in [1.82, 2.24) is 19.7 Å². The Morgan fingerprint density at radius 1 is 0.909 bits per heavy atom. The van der Waals surface area contributed by atoms with Crippen LogP contribution in [0.15, 0.2) is 35.5 Å². The highest BCUT2D eigenvalue weighted by atomic mass is 32.2. The van der Waals surface area contributed by atoms with Crippen LogP contribution in [0.1, 0.15) is 69.2 Å². The zero-order valence-electron chi connectivity index (χ0n) is 19.6. The molecule has 1 aromatic heterocycles. The number of likely N-dealkylation sites (tertiary alicyclic amines) is 1. The second kappa shape index (κ2) is 9.18. The Morgan fingerprint density at radius 2 is 1.58 bits per heavy atom. The van der Waals surface area contributed by atoms with Gasteiger partial charge in [-0.2, -0.15) is 0 Å². The van der Waals surface area contributed by atoms with Gasteiger partial charge in [0.1, 0.15) is 11.6 Å². The van der Waals surface area contributed by atoms with E-state index in [0.717, 1.165) is 74.2 Å². The van der Waals surface area contributed by atoms with Gasteiger partial charge < -0.3 is 4.57 Å². The van der Waals surface area contributed by atoms with E-state index in [1.807, 2.05) is 0 Å². The third-order valence-corrected chi connectivity index (χ3v) is 9.72. The van der Waals surface area contributed by atoms with E-state index >= 15 is 0 Å². The molecule has 5 fully saturated rings. The van der Waals surface area contributed by atoms with Crippen LogP contribution < -0.4 is 0 Å². The molecule has 2 aromatic rings. The molecule has 4 aliphatic carbocycles. The molecule has 33 heavy (non-hydrogen) atoms. The summed E-state index contributed by atoms with van der Waals surface area (Å²) in [5.41, 5.74) is 1.23. The van der Waals surface area contributed by atoms with Gasteiger partial charge in [-0.05, 0) is 87.8 Å². The summed E-state index contributed by atoms with van der Waals surface area (Å²) in [6.07, 6.45) is 11.5. The number of hydrogen-bond donors (Lipinski definition) is 0. The fraction of sp³-hybridized carbons (Fsp3) is 0.667. The van der Waals surface area contributed by atoms with Crippen molar-refractivity contribution in [2.45, 2.75) is 76.0 Å². The molecule has 0 spiro atoms. The van der Waals surface area contributed by atoms with Crippen LogP contribution in [0.4, 0.5) is 0 Å². The van der Waals surface area contributed by atoms with Crippen LogP contribution in [0, 0.1) is 23.2 Å². The fourth-order valence-corrected chi connectivity index (χ4v) is 8.51. The van der Waals surface area contributed by atoms with Crippen LogP contribution in [0.2, 0.25) is 0 Å². The monoisotopic (exact) mass is 464 g/mol. The number of thioether (sulfide) groups is 1. The molecule has 2 heterocycles. The van der Waals surface area contributed by atoms with Gasteiger partial charge in [-0.3, -0.25) is 9.69 Å². The van der Waals surface area contributed by atoms with Gasteiger partial charge in [0.2, 0.25) is 0 Å². The molecule has 0 unspecified atom stereocenters. The molecule has 1 saturated heterocycles. The molecule has 4 saturated carbocycles.